The minimum absolute atomic E-state index is 0.391. The Morgan fingerprint density at radius 2 is 1.51 bits per heavy atom. The summed E-state index contributed by atoms with van der Waals surface area (Å²) in [5.41, 5.74) is 3.50. The molecule has 0 unspecified atom stereocenters. The second kappa shape index (κ2) is 12.0. The number of rotatable bonds is 11. The van der Waals surface area contributed by atoms with Crippen molar-refractivity contribution in [2.24, 2.45) is 0 Å². The molecular formula is C30H33NO6. The predicted molar refractivity (Wildman–Crippen MR) is 141 cm³/mol. The molecule has 1 aliphatic rings. The Hall–Kier alpha value is -3.77. The second-order valence-corrected chi connectivity index (χ2v) is 8.90. The number of carbonyl (C=O) groups excluding carboxylic acids is 1. The average Bonchev–Trinajstić information content (AvgIpc) is 2.95. The Labute approximate surface area is 218 Å². The normalized spacial score (nSPS) is 16.9. The summed E-state index contributed by atoms with van der Waals surface area (Å²) in [6.07, 6.45) is 3.22. The predicted octanol–water partition coefficient (Wildman–Crippen LogP) is 4.93. The van der Waals surface area contributed by atoms with Crippen LogP contribution in [0.3, 0.4) is 0 Å². The molecule has 37 heavy (non-hydrogen) atoms. The molecule has 0 aliphatic carbocycles. The van der Waals surface area contributed by atoms with Crippen LogP contribution in [-0.4, -0.2) is 46.0 Å². The van der Waals surface area contributed by atoms with Crippen molar-refractivity contribution in [1.82, 2.24) is 5.06 Å². The highest BCUT2D eigenvalue weighted by Gasteiger charge is 2.44. The molecule has 0 N–H and O–H groups in total. The lowest BCUT2D eigenvalue weighted by atomic mass is 9.75. The summed E-state index contributed by atoms with van der Waals surface area (Å²) in [6, 6.07) is 19.9. The average molecular weight is 504 g/mol. The van der Waals surface area contributed by atoms with Gasteiger partial charge in [0.15, 0.2) is 23.0 Å². The van der Waals surface area contributed by atoms with E-state index in [1.54, 1.807) is 28.4 Å². The number of fused-ring (bicyclic) bond motifs is 1. The van der Waals surface area contributed by atoms with Gasteiger partial charge in [0.25, 0.3) is 0 Å². The minimum atomic E-state index is -0.709. The van der Waals surface area contributed by atoms with Gasteiger partial charge < -0.3 is 18.9 Å². The molecule has 0 fully saturated rings. The van der Waals surface area contributed by atoms with Crippen LogP contribution in [-0.2, 0) is 34.6 Å². The molecule has 0 aromatic heterocycles. The molecule has 0 bridgehead atoms. The summed E-state index contributed by atoms with van der Waals surface area (Å²) >= 11 is 0. The topological polar surface area (TPSA) is 66.5 Å². The molecule has 194 valence electrons. The Balaban J connectivity index is 1.85. The molecule has 0 radical (unpaired) electrons. The first kappa shape index (κ1) is 26.3. The van der Waals surface area contributed by atoms with Gasteiger partial charge in [-0.1, -0.05) is 36.4 Å². The standard InChI is InChI=1S/C30H33NO6/c1-33-26-12-11-23(17-27(26)34-2)20-30(14-8-16-32)25-19-29(36-4)28(35-3)18-24(25)13-15-31(30)37-21-22-9-6-5-7-10-22/h5-12,17-19H,13-15,20-21H2,1-4H3/t30-/m1/s1. The van der Waals surface area contributed by atoms with Gasteiger partial charge in [0.1, 0.15) is 5.94 Å². The van der Waals surface area contributed by atoms with Crippen LogP contribution in [0.5, 0.6) is 23.0 Å². The van der Waals surface area contributed by atoms with Crippen molar-refractivity contribution >= 4 is 5.94 Å². The van der Waals surface area contributed by atoms with E-state index < -0.39 is 5.54 Å². The van der Waals surface area contributed by atoms with Crippen molar-refractivity contribution in [3.8, 4) is 23.0 Å². The number of benzene rings is 3. The lowest BCUT2D eigenvalue weighted by Crippen LogP contribution is -2.51. The largest absolute Gasteiger partial charge is 0.493 e. The Kier molecular flexibility index (Phi) is 8.51. The van der Waals surface area contributed by atoms with Gasteiger partial charge in [0, 0.05) is 19.0 Å². The van der Waals surface area contributed by atoms with Crippen LogP contribution in [0.25, 0.3) is 0 Å². The zero-order valence-corrected chi connectivity index (χ0v) is 21.8. The Morgan fingerprint density at radius 3 is 2.19 bits per heavy atom. The van der Waals surface area contributed by atoms with Crippen LogP contribution < -0.4 is 18.9 Å². The fraction of sp³-hybridized carbons (Fsp3) is 0.333. The molecule has 7 heteroatoms. The van der Waals surface area contributed by atoms with Gasteiger partial charge in [0.05, 0.1) is 40.6 Å². The van der Waals surface area contributed by atoms with Crippen molar-refractivity contribution in [3.05, 3.63) is 89.0 Å². The van der Waals surface area contributed by atoms with Crippen LogP contribution in [0, 0.1) is 0 Å². The molecule has 1 heterocycles. The summed E-state index contributed by atoms with van der Waals surface area (Å²) in [4.78, 5) is 18.0. The maximum absolute atomic E-state index is 11.5. The van der Waals surface area contributed by atoms with E-state index in [1.165, 1.54) is 6.08 Å². The zero-order chi connectivity index (χ0) is 26.3. The van der Waals surface area contributed by atoms with E-state index in [9.17, 15) is 4.79 Å². The van der Waals surface area contributed by atoms with E-state index in [2.05, 4.69) is 0 Å². The van der Waals surface area contributed by atoms with Crippen molar-refractivity contribution in [3.63, 3.8) is 0 Å². The summed E-state index contributed by atoms with van der Waals surface area (Å²) < 4.78 is 22.3. The molecule has 4 rings (SSSR count). The summed E-state index contributed by atoms with van der Waals surface area (Å²) in [5, 5.41) is 2.01. The quantitative estimate of drug-likeness (QED) is 0.344. The van der Waals surface area contributed by atoms with E-state index in [-0.39, 0.29) is 0 Å². The first-order valence-corrected chi connectivity index (χ1v) is 12.2. The number of hydroxylamine groups is 2. The monoisotopic (exact) mass is 503 g/mol. The smallest absolute Gasteiger partial charge is 0.161 e. The van der Waals surface area contributed by atoms with E-state index in [0.29, 0.717) is 49.0 Å². The Bertz CT molecular complexity index is 1250. The number of hydrogen-bond acceptors (Lipinski definition) is 7. The minimum Gasteiger partial charge on any atom is -0.493 e. The molecule has 0 spiro atoms. The molecule has 1 atom stereocenters. The first-order chi connectivity index (χ1) is 18.1. The number of nitrogens with zero attached hydrogens (tertiary/aromatic N) is 1. The molecule has 3 aromatic rings. The first-order valence-electron chi connectivity index (χ1n) is 12.2. The summed E-state index contributed by atoms with van der Waals surface area (Å²) in [6.45, 7) is 1.04. The van der Waals surface area contributed by atoms with Crippen molar-refractivity contribution in [2.45, 2.75) is 31.4 Å². The van der Waals surface area contributed by atoms with E-state index in [1.807, 2.05) is 71.7 Å². The van der Waals surface area contributed by atoms with Crippen molar-refractivity contribution in [2.75, 3.05) is 35.0 Å². The van der Waals surface area contributed by atoms with Gasteiger partial charge in [-0.05, 0) is 59.4 Å². The van der Waals surface area contributed by atoms with Crippen LogP contribution in [0.4, 0.5) is 0 Å². The molecule has 0 saturated carbocycles. The molecule has 3 aromatic carbocycles. The van der Waals surface area contributed by atoms with Crippen molar-refractivity contribution in [1.29, 1.82) is 0 Å². The van der Waals surface area contributed by atoms with Gasteiger partial charge in [-0.25, -0.2) is 4.79 Å². The maximum Gasteiger partial charge on any atom is 0.161 e. The van der Waals surface area contributed by atoms with Gasteiger partial charge in [-0.3, -0.25) is 4.84 Å². The van der Waals surface area contributed by atoms with Crippen LogP contribution in [0.15, 0.2) is 66.7 Å². The number of methoxy groups -OCH3 is 4. The molecular weight excluding hydrogens is 470 g/mol. The SMILES string of the molecule is COc1ccc(C[C@]2(CC=C=O)c3cc(OC)c(OC)cc3CCN2OCc2ccccc2)cc1OC. The van der Waals surface area contributed by atoms with Crippen LogP contribution in [0.1, 0.15) is 28.7 Å². The summed E-state index contributed by atoms with van der Waals surface area (Å²) in [5.74, 6) is 4.57. The van der Waals surface area contributed by atoms with Gasteiger partial charge in [-0.2, -0.15) is 5.06 Å². The molecule has 0 amide bonds. The molecule has 1 aliphatic heterocycles. The lowest BCUT2D eigenvalue weighted by Gasteiger charge is -2.47. The van der Waals surface area contributed by atoms with Gasteiger partial charge >= 0.3 is 0 Å². The van der Waals surface area contributed by atoms with E-state index in [4.69, 9.17) is 23.8 Å². The Morgan fingerprint density at radius 1 is 0.838 bits per heavy atom. The third kappa shape index (κ3) is 5.49. The zero-order valence-electron chi connectivity index (χ0n) is 21.8. The fourth-order valence-corrected chi connectivity index (χ4v) is 5.05. The highest BCUT2D eigenvalue weighted by Crippen LogP contribution is 2.46. The number of ether oxygens (including phenoxy) is 4. The van der Waals surface area contributed by atoms with Crippen LogP contribution >= 0.6 is 0 Å². The van der Waals surface area contributed by atoms with E-state index in [0.717, 1.165) is 28.7 Å². The van der Waals surface area contributed by atoms with Crippen LogP contribution in [0.2, 0.25) is 0 Å². The lowest BCUT2D eigenvalue weighted by molar-refractivity contribution is -0.240. The highest BCUT2D eigenvalue weighted by molar-refractivity contribution is 5.53. The molecule has 0 saturated heterocycles. The molecule has 7 nitrogen and oxygen atoms in total. The summed E-state index contributed by atoms with van der Waals surface area (Å²) in [7, 11) is 6.49. The van der Waals surface area contributed by atoms with Crippen molar-refractivity contribution < 1.29 is 28.6 Å². The highest BCUT2D eigenvalue weighted by atomic mass is 16.7. The third-order valence-corrected chi connectivity index (χ3v) is 6.87. The maximum atomic E-state index is 11.5. The fourth-order valence-electron chi connectivity index (χ4n) is 5.05. The third-order valence-electron chi connectivity index (χ3n) is 6.87. The number of hydrogen-bond donors (Lipinski definition) is 0. The van der Waals surface area contributed by atoms with Gasteiger partial charge in [0.2, 0.25) is 0 Å². The van der Waals surface area contributed by atoms with Gasteiger partial charge in [-0.15, -0.1) is 0 Å². The second-order valence-electron chi connectivity index (χ2n) is 8.90. The van der Waals surface area contributed by atoms with E-state index >= 15 is 0 Å².